The Kier molecular flexibility index (Phi) is 6.24. The molecule has 6 heteroatoms. The van der Waals surface area contributed by atoms with Crippen LogP contribution in [0.1, 0.15) is 0 Å². The zero-order valence-electron chi connectivity index (χ0n) is 29.3. The Morgan fingerprint density at radius 1 is 0.418 bits per heavy atom. The molecule has 12 rings (SSSR count). The number of nitrogens with zero attached hydrogens (tertiary/aromatic N) is 3. The maximum atomic E-state index is 6.94. The predicted octanol–water partition coefficient (Wildman–Crippen LogP) is 13.9. The minimum atomic E-state index is 0.578. The van der Waals surface area contributed by atoms with Crippen LogP contribution in [0.25, 0.3) is 93.9 Å². The third-order valence-electron chi connectivity index (χ3n) is 10.8. The fourth-order valence-electron chi connectivity index (χ4n) is 8.50. The molecule has 0 unspecified atom stereocenters. The SMILES string of the molecule is c1ccc(-c2nc3c(ccc4oc5c(N(c6cccc7oc8ccccc8c67)c6cccc7c8ccccc8n(-c8ccccc8)c67)cccc5c43)o2)cc1. The van der Waals surface area contributed by atoms with Gasteiger partial charge >= 0.3 is 0 Å². The van der Waals surface area contributed by atoms with Crippen molar-refractivity contribution in [3.63, 3.8) is 0 Å². The van der Waals surface area contributed by atoms with Gasteiger partial charge in [-0.05, 0) is 72.8 Å². The van der Waals surface area contributed by atoms with E-state index in [1.807, 2.05) is 60.7 Å². The van der Waals surface area contributed by atoms with Crippen molar-refractivity contribution in [1.29, 1.82) is 0 Å². The first kappa shape index (κ1) is 29.9. The second-order valence-electron chi connectivity index (χ2n) is 13.9. The molecule has 0 spiro atoms. The summed E-state index contributed by atoms with van der Waals surface area (Å²) < 4.78 is 22.1. The van der Waals surface area contributed by atoms with E-state index in [-0.39, 0.29) is 0 Å². The molecule has 0 atom stereocenters. The Hall–Kier alpha value is -7.57. The Morgan fingerprint density at radius 3 is 1.93 bits per heavy atom. The standard InChI is InChI=1S/C49H29N3O3/c1-3-14-30(15-4-1)49-50-46-43(55-49)29-28-42-45(46)35-21-12-25-39(48(35)54-42)52(37-23-13-27-41-44(37)34-19-8-10-26-40(34)53-41)38-24-11-20-33-32-18-7-9-22-36(32)51(47(33)38)31-16-5-2-6-17-31/h1-29H. The van der Waals surface area contributed by atoms with E-state index in [4.69, 9.17) is 18.2 Å². The third kappa shape index (κ3) is 4.33. The van der Waals surface area contributed by atoms with Crippen LogP contribution in [-0.2, 0) is 0 Å². The van der Waals surface area contributed by atoms with Crippen molar-refractivity contribution in [3.8, 4) is 17.1 Å². The second kappa shape index (κ2) is 11.5. The molecule has 8 aromatic carbocycles. The topological polar surface area (TPSA) is 60.5 Å². The summed E-state index contributed by atoms with van der Waals surface area (Å²) in [5.41, 5.74) is 11.7. The van der Waals surface area contributed by atoms with Gasteiger partial charge in [0.15, 0.2) is 11.2 Å². The molecule has 0 saturated carbocycles. The van der Waals surface area contributed by atoms with Crippen LogP contribution < -0.4 is 4.90 Å². The zero-order valence-corrected chi connectivity index (χ0v) is 29.3. The van der Waals surface area contributed by atoms with Gasteiger partial charge in [-0.1, -0.05) is 103 Å². The van der Waals surface area contributed by atoms with Crippen LogP contribution in [0.3, 0.4) is 0 Å². The average Bonchev–Trinajstić information content (AvgIpc) is 4.02. The number of hydrogen-bond donors (Lipinski definition) is 0. The molecule has 55 heavy (non-hydrogen) atoms. The van der Waals surface area contributed by atoms with E-state index < -0.39 is 0 Å². The van der Waals surface area contributed by atoms with Gasteiger partial charge in [-0.3, -0.25) is 0 Å². The fourth-order valence-corrected chi connectivity index (χ4v) is 8.50. The van der Waals surface area contributed by atoms with Gasteiger partial charge in [0.1, 0.15) is 22.3 Å². The first-order valence-electron chi connectivity index (χ1n) is 18.4. The van der Waals surface area contributed by atoms with E-state index in [1.54, 1.807) is 0 Å². The number of benzene rings is 8. The highest BCUT2D eigenvalue weighted by Crippen LogP contribution is 2.50. The van der Waals surface area contributed by atoms with Gasteiger partial charge < -0.3 is 22.7 Å². The van der Waals surface area contributed by atoms with Gasteiger partial charge in [-0.15, -0.1) is 0 Å². The van der Waals surface area contributed by atoms with Crippen LogP contribution in [0.2, 0.25) is 0 Å². The first-order valence-corrected chi connectivity index (χ1v) is 18.4. The zero-order chi connectivity index (χ0) is 36.0. The van der Waals surface area contributed by atoms with Crippen molar-refractivity contribution >= 4 is 93.8 Å². The normalized spacial score (nSPS) is 12.0. The van der Waals surface area contributed by atoms with Crippen molar-refractivity contribution in [2.24, 2.45) is 0 Å². The lowest BCUT2D eigenvalue weighted by molar-refractivity contribution is 0.619. The van der Waals surface area contributed by atoms with Gasteiger partial charge in [-0.25, -0.2) is 4.98 Å². The molecular formula is C49H29N3O3. The summed E-state index contributed by atoms with van der Waals surface area (Å²) in [5, 5.41) is 6.28. The number of rotatable bonds is 5. The van der Waals surface area contributed by atoms with Gasteiger partial charge in [0, 0.05) is 32.8 Å². The highest BCUT2D eigenvalue weighted by Gasteiger charge is 2.27. The van der Waals surface area contributed by atoms with E-state index in [0.717, 1.165) is 94.1 Å². The largest absolute Gasteiger partial charge is 0.456 e. The van der Waals surface area contributed by atoms with E-state index >= 15 is 0 Å². The van der Waals surface area contributed by atoms with Crippen molar-refractivity contribution < 1.29 is 13.3 Å². The van der Waals surface area contributed by atoms with Gasteiger partial charge in [0.05, 0.1) is 38.9 Å². The lowest BCUT2D eigenvalue weighted by Crippen LogP contribution is -2.12. The highest BCUT2D eigenvalue weighted by molar-refractivity contribution is 6.22. The monoisotopic (exact) mass is 707 g/mol. The minimum Gasteiger partial charge on any atom is -0.456 e. The van der Waals surface area contributed by atoms with E-state index in [0.29, 0.717) is 11.5 Å². The van der Waals surface area contributed by atoms with E-state index in [2.05, 4.69) is 125 Å². The smallest absolute Gasteiger partial charge is 0.227 e. The molecule has 0 radical (unpaired) electrons. The van der Waals surface area contributed by atoms with Crippen molar-refractivity contribution in [3.05, 3.63) is 176 Å². The molecule has 0 N–H and O–H groups in total. The molecule has 0 aliphatic carbocycles. The molecule has 4 aromatic heterocycles. The number of para-hydroxylation sites is 5. The summed E-state index contributed by atoms with van der Waals surface area (Å²) in [7, 11) is 0. The van der Waals surface area contributed by atoms with Crippen LogP contribution >= 0.6 is 0 Å². The number of oxazole rings is 1. The minimum absolute atomic E-state index is 0.578. The third-order valence-corrected chi connectivity index (χ3v) is 10.8. The molecule has 0 saturated heterocycles. The summed E-state index contributed by atoms with van der Waals surface area (Å²) in [5.74, 6) is 0.578. The van der Waals surface area contributed by atoms with Crippen molar-refractivity contribution in [1.82, 2.24) is 9.55 Å². The second-order valence-corrected chi connectivity index (χ2v) is 13.9. The number of anilines is 3. The Labute approximate surface area is 313 Å². The van der Waals surface area contributed by atoms with Crippen LogP contribution in [0.15, 0.2) is 189 Å². The van der Waals surface area contributed by atoms with Crippen molar-refractivity contribution in [2.45, 2.75) is 0 Å². The molecule has 4 heterocycles. The van der Waals surface area contributed by atoms with E-state index in [1.165, 1.54) is 5.39 Å². The highest BCUT2D eigenvalue weighted by atomic mass is 16.4. The Bertz CT molecular complexity index is 3440. The lowest BCUT2D eigenvalue weighted by Gasteiger charge is -2.27. The van der Waals surface area contributed by atoms with Gasteiger partial charge in [-0.2, -0.15) is 0 Å². The quantitative estimate of drug-likeness (QED) is 0.178. The molecule has 6 nitrogen and oxygen atoms in total. The van der Waals surface area contributed by atoms with Crippen LogP contribution in [0, 0.1) is 0 Å². The molecule has 258 valence electrons. The van der Waals surface area contributed by atoms with Crippen LogP contribution in [0.4, 0.5) is 17.1 Å². The molecular weight excluding hydrogens is 679 g/mol. The van der Waals surface area contributed by atoms with E-state index in [9.17, 15) is 0 Å². The average molecular weight is 708 g/mol. The Morgan fingerprint density at radius 2 is 1.05 bits per heavy atom. The summed E-state index contributed by atoms with van der Waals surface area (Å²) in [4.78, 5) is 7.40. The maximum Gasteiger partial charge on any atom is 0.227 e. The molecule has 0 aliphatic rings. The van der Waals surface area contributed by atoms with Crippen molar-refractivity contribution in [2.75, 3.05) is 4.90 Å². The number of aromatic nitrogens is 2. The van der Waals surface area contributed by atoms with Gasteiger partial charge in [0.2, 0.25) is 5.89 Å². The molecule has 0 amide bonds. The number of furan rings is 2. The molecule has 0 bridgehead atoms. The lowest BCUT2D eigenvalue weighted by atomic mass is 10.1. The molecule has 0 fully saturated rings. The summed E-state index contributed by atoms with van der Waals surface area (Å²) in [6.45, 7) is 0. The maximum absolute atomic E-state index is 6.94. The number of hydrogen-bond acceptors (Lipinski definition) is 5. The first-order chi connectivity index (χ1) is 27.3. The predicted molar refractivity (Wildman–Crippen MR) is 223 cm³/mol. The van der Waals surface area contributed by atoms with Gasteiger partial charge in [0.25, 0.3) is 0 Å². The Balaban J connectivity index is 1.21. The van der Waals surface area contributed by atoms with Crippen LogP contribution in [-0.4, -0.2) is 9.55 Å². The molecule has 0 aliphatic heterocycles. The number of fused-ring (bicyclic) bond motifs is 11. The molecule has 12 aromatic rings. The van der Waals surface area contributed by atoms with Crippen LogP contribution in [0.5, 0.6) is 0 Å². The summed E-state index contributed by atoms with van der Waals surface area (Å²) >= 11 is 0. The summed E-state index contributed by atoms with van der Waals surface area (Å²) in [6.07, 6.45) is 0. The fraction of sp³-hybridized carbons (Fsp3) is 0. The summed E-state index contributed by atoms with van der Waals surface area (Å²) in [6, 6.07) is 60.7.